The Labute approximate surface area is 121 Å². The summed E-state index contributed by atoms with van der Waals surface area (Å²) in [7, 11) is 0. The molecule has 1 saturated carbocycles. The van der Waals surface area contributed by atoms with Crippen molar-refractivity contribution < 1.29 is 9.53 Å². The Morgan fingerprint density at radius 2 is 2.53 bits per heavy atom. The minimum Gasteiger partial charge on any atom is -0.377 e. The van der Waals surface area contributed by atoms with Gasteiger partial charge in [-0.25, -0.2) is 4.98 Å². The first-order valence-corrected chi connectivity index (χ1v) is 8.77. The fraction of sp³-hybridized carbons (Fsp3) is 0.692. The molecule has 2 fully saturated rings. The summed E-state index contributed by atoms with van der Waals surface area (Å²) < 4.78 is 6.66. The minimum atomic E-state index is -0.0367. The van der Waals surface area contributed by atoms with E-state index in [0.29, 0.717) is 23.6 Å². The van der Waals surface area contributed by atoms with E-state index >= 15 is 0 Å². The number of carbonyl (C=O) groups excluding carboxylic acids is 1. The minimum absolute atomic E-state index is 0.0367. The van der Waals surface area contributed by atoms with Gasteiger partial charge < -0.3 is 10.1 Å². The number of hydrogen-bond donors (Lipinski definition) is 1. The van der Waals surface area contributed by atoms with E-state index in [9.17, 15) is 4.79 Å². The molecule has 19 heavy (non-hydrogen) atoms. The molecule has 4 unspecified atom stereocenters. The maximum absolute atomic E-state index is 12.2. The van der Waals surface area contributed by atoms with E-state index in [2.05, 4.69) is 17.2 Å². The zero-order chi connectivity index (χ0) is 13.4. The molecular weight excluding hydrogens is 280 g/mol. The van der Waals surface area contributed by atoms with E-state index in [1.54, 1.807) is 11.8 Å². The lowest BCUT2D eigenvalue weighted by Crippen LogP contribution is -2.61. The van der Waals surface area contributed by atoms with Crippen molar-refractivity contribution in [3.05, 3.63) is 11.1 Å². The third-order valence-corrected chi connectivity index (χ3v) is 6.05. The Bertz CT molecular complexity index is 477. The molecule has 104 valence electrons. The van der Waals surface area contributed by atoms with Crippen molar-refractivity contribution >= 4 is 29.0 Å². The SMILES string of the molecule is CCC1C(NC(=O)c2csc(SC)n2)C2CCOC12. The summed E-state index contributed by atoms with van der Waals surface area (Å²) >= 11 is 3.10. The molecule has 4 nitrogen and oxygen atoms in total. The highest BCUT2D eigenvalue weighted by atomic mass is 32.2. The highest BCUT2D eigenvalue weighted by Gasteiger charge is 2.53. The number of amides is 1. The number of nitrogens with zero attached hydrogens (tertiary/aromatic N) is 1. The van der Waals surface area contributed by atoms with Gasteiger partial charge in [-0.3, -0.25) is 4.79 Å². The number of carbonyl (C=O) groups is 1. The van der Waals surface area contributed by atoms with Gasteiger partial charge in [0.15, 0.2) is 0 Å². The van der Waals surface area contributed by atoms with Gasteiger partial charge in [0.2, 0.25) is 0 Å². The van der Waals surface area contributed by atoms with E-state index in [4.69, 9.17) is 4.74 Å². The summed E-state index contributed by atoms with van der Waals surface area (Å²) in [5, 5.41) is 5.00. The highest BCUT2D eigenvalue weighted by molar-refractivity contribution is 8.00. The highest BCUT2D eigenvalue weighted by Crippen LogP contribution is 2.45. The third-order valence-electron chi connectivity index (χ3n) is 4.19. The van der Waals surface area contributed by atoms with Crippen molar-refractivity contribution in [3.63, 3.8) is 0 Å². The first-order valence-electron chi connectivity index (χ1n) is 6.66. The zero-order valence-electron chi connectivity index (χ0n) is 11.1. The second kappa shape index (κ2) is 5.42. The topological polar surface area (TPSA) is 51.2 Å². The molecule has 0 bridgehead atoms. The van der Waals surface area contributed by atoms with Gasteiger partial charge in [-0.05, 0) is 19.1 Å². The fourth-order valence-electron chi connectivity index (χ4n) is 3.21. The molecule has 1 saturated heterocycles. The van der Waals surface area contributed by atoms with Crippen molar-refractivity contribution in [1.29, 1.82) is 0 Å². The van der Waals surface area contributed by atoms with E-state index < -0.39 is 0 Å². The number of ether oxygens (including phenoxy) is 1. The average molecular weight is 298 g/mol. The van der Waals surface area contributed by atoms with Crippen LogP contribution in [-0.2, 0) is 4.74 Å². The number of thioether (sulfide) groups is 1. The number of hydrogen-bond acceptors (Lipinski definition) is 5. The molecule has 0 radical (unpaired) electrons. The summed E-state index contributed by atoms with van der Waals surface area (Å²) in [6.07, 6.45) is 4.46. The summed E-state index contributed by atoms with van der Waals surface area (Å²) in [4.78, 5) is 16.5. The molecule has 1 aromatic rings. The number of aromatic nitrogens is 1. The number of fused-ring (bicyclic) bond motifs is 1. The van der Waals surface area contributed by atoms with Crippen molar-refractivity contribution in [1.82, 2.24) is 10.3 Å². The van der Waals surface area contributed by atoms with Crippen LogP contribution in [-0.4, -0.2) is 35.9 Å². The average Bonchev–Trinajstić information content (AvgIpc) is 3.03. The number of nitrogens with one attached hydrogen (secondary N) is 1. The summed E-state index contributed by atoms with van der Waals surface area (Å²) in [6.45, 7) is 3.00. The lowest BCUT2D eigenvalue weighted by Gasteiger charge is -2.47. The molecule has 1 aliphatic carbocycles. The van der Waals surface area contributed by atoms with Gasteiger partial charge in [0.25, 0.3) is 5.91 Å². The molecule has 1 aromatic heterocycles. The Hall–Kier alpha value is -0.590. The smallest absolute Gasteiger partial charge is 0.271 e. The number of thiazole rings is 1. The van der Waals surface area contributed by atoms with E-state index in [1.807, 2.05) is 11.6 Å². The Kier molecular flexibility index (Phi) is 3.82. The maximum Gasteiger partial charge on any atom is 0.271 e. The quantitative estimate of drug-likeness (QED) is 0.867. The molecular formula is C13H18N2O2S2. The van der Waals surface area contributed by atoms with Gasteiger partial charge >= 0.3 is 0 Å². The molecule has 1 N–H and O–H groups in total. The van der Waals surface area contributed by atoms with Crippen LogP contribution in [0.15, 0.2) is 9.72 Å². The maximum atomic E-state index is 12.2. The van der Waals surface area contributed by atoms with Crippen LogP contribution in [0, 0.1) is 11.8 Å². The van der Waals surface area contributed by atoms with Gasteiger partial charge in [0.1, 0.15) is 10.0 Å². The largest absolute Gasteiger partial charge is 0.377 e. The second-order valence-electron chi connectivity index (χ2n) is 5.06. The molecule has 2 heterocycles. The Balaban J connectivity index is 1.66. The van der Waals surface area contributed by atoms with E-state index in [0.717, 1.165) is 23.8 Å². The molecule has 2 aliphatic rings. The van der Waals surface area contributed by atoms with Crippen molar-refractivity contribution in [3.8, 4) is 0 Å². The van der Waals surface area contributed by atoms with E-state index in [1.165, 1.54) is 11.3 Å². The van der Waals surface area contributed by atoms with Gasteiger partial charge in [-0.2, -0.15) is 0 Å². The van der Waals surface area contributed by atoms with Crippen molar-refractivity contribution in [2.24, 2.45) is 11.8 Å². The molecule has 6 heteroatoms. The second-order valence-corrected chi connectivity index (χ2v) is 6.97. The van der Waals surface area contributed by atoms with Crippen molar-refractivity contribution in [2.45, 2.75) is 36.3 Å². The van der Waals surface area contributed by atoms with Crippen LogP contribution in [0.5, 0.6) is 0 Å². The molecule has 0 aromatic carbocycles. The first kappa shape index (κ1) is 13.4. The predicted octanol–water partition coefficient (Wildman–Crippen LogP) is 2.41. The lowest BCUT2D eigenvalue weighted by atomic mass is 9.65. The van der Waals surface area contributed by atoms with Crippen LogP contribution >= 0.6 is 23.1 Å². The van der Waals surface area contributed by atoms with Gasteiger partial charge in [-0.1, -0.05) is 18.7 Å². The monoisotopic (exact) mass is 298 g/mol. The molecule has 3 rings (SSSR count). The summed E-state index contributed by atoms with van der Waals surface area (Å²) in [6, 6.07) is 0.268. The molecule has 4 atom stereocenters. The van der Waals surface area contributed by atoms with E-state index in [-0.39, 0.29) is 11.9 Å². The molecule has 1 aliphatic heterocycles. The zero-order valence-corrected chi connectivity index (χ0v) is 12.7. The Morgan fingerprint density at radius 1 is 1.68 bits per heavy atom. The summed E-state index contributed by atoms with van der Waals surface area (Å²) in [5.41, 5.74) is 0.548. The van der Waals surface area contributed by atoms with Crippen LogP contribution in [0.4, 0.5) is 0 Å². The van der Waals surface area contributed by atoms with Crippen LogP contribution < -0.4 is 5.32 Å². The molecule has 1 amide bonds. The predicted molar refractivity (Wildman–Crippen MR) is 76.8 cm³/mol. The van der Waals surface area contributed by atoms with Gasteiger partial charge in [0, 0.05) is 29.9 Å². The van der Waals surface area contributed by atoms with Crippen LogP contribution in [0.3, 0.4) is 0 Å². The Morgan fingerprint density at radius 3 is 3.21 bits per heavy atom. The van der Waals surface area contributed by atoms with Crippen LogP contribution in [0.1, 0.15) is 30.3 Å². The summed E-state index contributed by atoms with van der Waals surface area (Å²) in [5.74, 6) is 0.938. The van der Waals surface area contributed by atoms with Crippen LogP contribution in [0.2, 0.25) is 0 Å². The molecule has 0 spiro atoms. The van der Waals surface area contributed by atoms with Crippen LogP contribution in [0.25, 0.3) is 0 Å². The standard InChI is InChI=1S/C13H18N2O2S2/c1-3-7-10(8-4-5-17-11(7)8)15-12(16)9-6-19-13(14-9)18-2/h6-8,10-11H,3-5H2,1-2H3,(H,15,16). The normalized spacial score (nSPS) is 32.7. The van der Waals surface area contributed by atoms with Crippen molar-refractivity contribution in [2.75, 3.05) is 12.9 Å². The van der Waals surface area contributed by atoms with Gasteiger partial charge in [0.05, 0.1) is 6.10 Å². The van der Waals surface area contributed by atoms with Gasteiger partial charge in [-0.15, -0.1) is 11.3 Å². The first-order chi connectivity index (χ1) is 9.24. The lowest BCUT2D eigenvalue weighted by molar-refractivity contribution is -0.0545. The number of rotatable bonds is 4. The fourth-order valence-corrected chi connectivity index (χ4v) is 4.45. The third kappa shape index (κ3) is 2.30.